The lowest BCUT2D eigenvalue weighted by molar-refractivity contribution is 0.621. The zero-order valence-corrected chi connectivity index (χ0v) is 11.6. The summed E-state index contributed by atoms with van der Waals surface area (Å²) in [4.78, 5) is 4.53. The van der Waals surface area contributed by atoms with Crippen LogP contribution in [0.15, 0.2) is 47.2 Å². The Balaban J connectivity index is 2.11. The minimum atomic E-state index is -0.280. The van der Waals surface area contributed by atoms with Gasteiger partial charge in [-0.05, 0) is 51.8 Å². The number of nitrogens with two attached hydrogens (primary N) is 1. The van der Waals surface area contributed by atoms with Crippen LogP contribution in [0.3, 0.4) is 0 Å². The fraction of sp³-hybridized carbons (Fsp3) is 0.0714. The molecule has 0 atom stereocenters. The Morgan fingerprint density at radius 1 is 1.26 bits per heavy atom. The number of imidazole rings is 1. The molecule has 0 aliphatic rings. The molecule has 0 radical (unpaired) electrons. The number of rotatable bonds is 2. The highest BCUT2D eigenvalue weighted by molar-refractivity contribution is 9.10. The van der Waals surface area contributed by atoms with E-state index in [4.69, 9.17) is 5.73 Å². The number of pyridine rings is 1. The van der Waals surface area contributed by atoms with Crippen molar-refractivity contribution in [1.82, 2.24) is 9.38 Å². The highest BCUT2D eigenvalue weighted by atomic mass is 79.9. The van der Waals surface area contributed by atoms with Crippen molar-refractivity contribution in [3.63, 3.8) is 0 Å². The molecule has 0 saturated carbocycles. The highest BCUT2D eigenvalue weighted by Crippen LogP contribution is 2.25. The molecular weight excluding hydrogens is 309 g/mol. The van der Waals surface area contributed by atoms with E-state index in [9.17, 15) is 4.39 Å². The molecule has 0 spiro atoms. The molecule has 2 heterocycles. The predicted molar refractivity (Wildman–Crippen MR) is 76.2 cm³/mol. The van der Waals surface area contributed by atoms with Crippen LogP contribution in [0.5, 0.6) is 0 Å². The second-order valence-electron chi connectivity index (χ2n) is 4.26. The van der Waals surface area contributed by atoms with Crippen molar-refractivity contribution >= 4 is 21.6 Å². The molecule has 19 heavy (non-hydrogen) atoms. The molecule has 2 N–H and O–H groups in total. The number of nitrogens with zero attached hydrogens (tertiary/aromatic N) is 2. The van der Waals surface area contributed by atoms with E-state index in [0.717, 1.165) is 22.5 Å². The minimum Gasteiger partial charge on any atom is -0.326 e. The van der Waals surface area contributed by atoms with E-state index in [2.05, 4.69) is 20.9 Å². The molecule has 3 aromatic rings. The van der Waals surface area contributed by atoms with Gasteiger partial charge in [0.2, 0.25) is 0 Å². The van der Waals surface area contributed by atoms with Crippen LogP contribution in [-0.2, 0) is 6.54 Å². The summed E-state index contributed by atoms with van der Waals surface area (Å²) in [5.74, 6) is -0.280. The standard InChI is InChI=1S/C14H11BrFN3/c15-11-6-10(1-2-12(11)16)13-8-19-4-3-9(7-17)5-14(19)18-13/h1-6,8H,7,17H2. The Hall–Kier alpha value is -1.72. The van der Waals surface area contributed by atoms with E-state index in [1.54, 1.807) is 12.1 Å². The number of benzene rings is 1. The summed E-state index contributed by atoms with van der Waals surface area (Å²) in [6, 6.07) is 8.77. The Morgan fingerprint density at radius 3 is 2.84 bits per heavy atom. The van der Waals surface area contributed by atoms with Crippen molar-refractivity contribution in [2.45, 2.75) is 6.54 Å². The van der Waals surface area contributed by atoms with Gasteiger partial charge in [0.05, 0.1) is 10.2 Å². The Morgan fingerprint density at radius 2 is 2.11 bits per heavy atom. The van der Waals surface area contributed by atoms with E-state index < -0.39 is 0 Å². The normalized spacial score (nSPS) is 11.1. The van der Waals surface area contributed by atoms with Crippen LogP contribution < -0.4 is 5.73 Å². The van der Waals surface area contributed by atoms with Gasteiger partial charge in [0.1, 0.15) is 11.5 Å². The summed E-state index contributed by atoms with van der Waals surface area (Å²) >= 11 is 3.18. The molecule has 2 aromatic heterocycles. The van der Waals surface area contributed by atoms with Crippen molar-refractivity contribution in [2.24, 2.45) is 5.73 Å². The average Bonchev–Trinajstić information content (AvgIpc) is 2.84. The van der Waals surface area contributed by atoms with Crippen LogP contribution in [0.4, 0.5) is 4.39 Å². The molecule has 0 aliphatic carbocycles. The van der Waals surface area contributed by atoms with Crippen molar-refractivity contribution in [1.29, 1.82) is 0 Å². The maximum Gasteiger partial charge on any atom is 0.137 e. The van der Waals surface area contributed by atoms with Crippen LogP contribution >= 0.6 is 15.9 Å². The van der Waals surface area contributed by atoms with Gasteiger partial charge in [-0.3, -0.25) is 0 Å². The molecule has 96 valence electrons. The smallest absolute Gasteiger partial charge is 0.137 e. The van der Waals surface area contributed by atoms with E-state index in [1.807, 2.05) is 28.9 Å². The molecule has 3 rings (SSSR count). The maximum absolute atomic E-state index is 13.2. The minimum absolute atomic E-state index is 0.280. The van der Waals surface area contributed by atoms with Gasteiger partial charge in [0.15, 0.2) is 0 Å². The molecule has 0 fully saturated rings. The zero-order valence-electron chi connectivity index (χ0n) is 9.98. The molecule has 0 bridgehead atoms. The number of fused-ring (bicyclic) bond motifs is 1. The first-order chi connectivity index (χ1) is 9.17. The summed E-state index contributed by atoms with van der Waals surface area (Å²) in [6.07, 6.45) is 3.84. The molecule has 5 heteroatoms. The van der Waals surface area contributed by atoms with Gasteiger partial charge in [0, 0.05) is 24.5 Å². The number of halogens is 2. The third kappa shape index (κ3) is 2.27. The monoisotopic (exact) mass is 319 g/mol. The quantitative estimate of drug-likeness (QED) is 0.787. The molecule has 3 nitrogen and oxygen atoms in total. The summed E-state index contributed by atoms with van der Waals surface area (Å²) < 4.78 is 15.6. The summed E-state index contributed by atoms with van der Waals surface area (Å²) in [5, 5.41) is 0. The lowest BCUT2D eigenvalue weighted by atomic mass is 10.2. The molecule has 1 aromatic carbocycles. The summed E-state index contributed by atoms with van der Waals surface area (Å²) in [6.45, 7) is 0.487. The largest absolute Gasteiger partial charge is 0.326 e. The van der Waals surface area contributed by atoms with Gasteiger partial charge in [-0.1, -0.05) is 0 Å². The Bertz CT molecular complexity index is 752. The summed E-state index contributed by atoms with van der Waals surface area (Å²) in [5.41, 5.74) is 9.14. The topological polar surface area (TPSA) is 43.3 Å². The van der Waals surface area contributed by atoms with Gasteiger partial charge in [0.25, 0.3) is 0 Å². The number of aromatic nitrogens is 2. The van der Waals surface area contributed by atoms with Gasteiger partial charge in [-0.25, -0.2) is 9.37 Å². The van der Waals surface area contributed by atoms with Gasteiger partial charge in [-0.15, -0.1) is 0 Å². The molecule has 0 amide bonds. The first-order valence-corrected chi connectivity index (χ1v) is 6.60. The van der Waals surface area contributed by atoms with E-state index in [-0.39, 0.29) is 5.82 Å². The lowest BCUT2D eigenvalue weighted by Gasteiger charge is -1.98. The average molecular weight is 320 g/mol. The van der Waals surface area contributed by atoms with Gasteiger partial charge < -0.3 is 10.1 Å². The van der Waals surface area contributed by atoms with Crippen LogP contribution in [0.2, 0.25) is 0 Å². The van der Waals surface area contributed by atoms with Gasteiger partial charge >= 0.3 is 0 Å². The maximum atomic E-state index is 13.2. The number of hydrogen-bond acceptors (Lipinski definition) is 2. The van der Waals surface area contributed by atoms with Crippen LogP contribution in [0.25, 0.3) is 16.9 Å². The zero-order chi connectivity index (χ0) is 13.4. The first kappa shape index (κ1) is 12.3. The van der Waals surface area contributed by atoms with Gasteiger partial charge in [-0.2, -0.15) is 0 Å². The molecule has 0 aliphatic heterocycles. The third-order valence-electron chi connectivity index (χ3n) is 2.98. The van der Waals surface area contributed by atoms with Crippen LogP contribution in [0, 0.1) is 5.82 Å². The Labute approximate surface area is 118 Å². The second kappa shape index (κ2) is 4.75. The van der Waals surface area contributed by atoms with Crippen LogP contribution in [0.1, 0.15) is 5.56 Å². The summed E-state index contributed by atoms with van der Waals surface area (Å²) in [7, 11) is 0. The van der Waals surface area contributed by atoms with Crippen molar-refractivity contribution in [3.05, 3.63) is 58.6 Å². The van der Waals surface area contributed by atoms with E-state index in [1.165, 1.54) is 6.07 Å². The third-order valence-corrected chi connectivity index (χ3v) is 3.58. The van der Waals surface area contributed by atoms with E-state index in [0.29, 0.717) is 11.0 Å². The highest BCUT2D eigenvalue weighted by Gasteiger charge is 2.07. The Kier molecular flexibility index (Phi) is 3.08. The number of hydrogen-bond donors (Lipinski definition) is 1. The van der Waals surface area contributed by atoms with Crippen molar-refractivity contribution in [2.75, 3.05) is 0 Å². The van der Waals surface area contributed by atoms with Crippen LogP contribution in [-0.4, -0.2) is 9.38 Å². The fourth-order valence-electron chi connectivity index (χ4n) is 1.95. The van der Waals surface area contributed by atoms with Crippen molar-refractivity contribution < 1.29 is 4.39 Å². The molecular formula is C14H11BrFN3. The fourth-order valence-corrected chi connectivity index (χ4v) is 2.32. The predicted octanol–water partition coefficient (Wildman–Crippen LogP) is 3.36. The molecule has 0 unspecified atom stereocenters. The first-order valence-electron chi connectivity index (χ1n) is 5.80. The second-order valence-corrected chi connectivity index (χ2v) is 5.11. The van der Waals surface area contributed by atoms with E-state index >= 15 is 0 Å². The SMILES string of the molecule is NCc1ccn2cc(-c3ccc(F)c(Br)c3)nc2c1. The molecule has 0 saturated heterocycles. The van der Waals surface area contributed by atoms with Crippen molar-refractivity contribution in [3.8, 4) is 11.3 Å². The lowest BCUT2D eigenvalue weighted by Crippen LogP contribution is -1.96.